The molecule has 1 N–H and O–H groups in total. The van der Waals surface area contributed by atoms with Gasteiger partial charge in [0.05, 0.1) is 5.75 Å². The molecule has 0 amide bonds. The predicted molar refractivity (Wildman–Crippen MR) is 83.1 cm³/mol. The van der Waals surface area contributed by atoms with E-state index >= 15 is 0 Å². The number of nitrogens with one attached hydrogen (secondary N) is 1. The van der Waals surface area contributed by atoms with E-state index in [2.05, 4.69) is 26.1 Å². The highest BCUT2D eigenvalue weighted by molar-refractivity contribution is 7.89. The summed E-state index contributed by atoms with van der Waals surface area (Å²) in [6.07, 6.45) is 4.01. The predicted octanol–water partition coefficient (Wildman–Crippen LogP) is 2.07. The van der Waals surface area contributed by atoms with Gasteiger partial charge in [0.1, 0.15) is 0 Å². The van der Waals surface area contributed by atoms with Gasteiger partial charge in [-0.2, -0.15) is 0 Å². The molecule has 5 heteroatoms. The lowest BCUT2D eigenvalue weighted by molar-refractivity contribution is 0.153. The molecule has 0 spiro atoms. The largest absolute Gasteiger partial charge is 0.317 e. The summed E-state index contributed by atoms with van der Waals surface area (Å²) in [6.45, 7) is 10.1. The topological polar surface area (TPSA) is 49.4 Å². The van der Waals surface area contributed by atoms with Crippen LogP contribution in [0.25, 0.3) is 0 Å². The zero-order valence-corrected chi connectivity index (χ0v) is 14.0. The normalized spacial score (nSPS) is 24.9. The number of piperidine rings is 2. The molecule has 0 aliphatic carbocycles. The fourth-order valence-electron chi connectivity index (χ4n) is 3.45. The number of sulfonamides is 1. The van der Waals surface area contributed by atoms with Crippen LogP contribution in [0.15, 0.2) is 0 Å². The maximum atomic E-state index is 12.5. The van der Waals surface area contributed by atoms with Crippen molar-refractivity contribution < 1.29 is 8.42 Å². The third-order valence-electron chi connectivity index (χ3n) is 4.98. The molecule has 20 heavy (non-hydrogen) atoms. The molecule has 0 saturated carbocycles. The molecule has 2 rings (SSSR count). The van der Waals surface area contributed by atoms with Crippen molar-refractivity contribution in [3.63, 3.8) is 0 Å². The van der Waals surface area contributed by atoms with Crippen molar-refractivity contribution in [1.82, 2.24) is 9.62 Å². The van der Waals surface area contributed by atoms with Crippen molar-refractivity contribution in [1.29, 1.82) is 0 Å². The van der Waals surface area contributed by atoms with Crippen LogP contribution in [0.2, 0.25) is 0 Å². The minimum Gasteiger partial charge on any atom is -0.317 e. The molecule has 0 atom stereocenters. The van der Waals surface area contributed by atoms with Gasteiger partial charge in [-0.25, -0.2) is 12.7 Å². The molecule has 0 aromatic rings. The second kappa shape index (κ2) is 6.32. The van der Waals surface area contributed by atoms with Crippen LogP contribution in [0.1, 0.15) is 46.5 Å². The smallest absolute Gasteiger partial charge is 0.214 e. The van der Waals surface area contributed by atoms with E-state index in [1.54, 1.807) is 4.31 Å². The molecule has 118 valence electrons. The SMILES string of the molecule is CC(C)(C)C1CCN(S(=O)(=O)CC2CCNCC2)CC1. The molecular formula is C15H30N2O2S. The van der Waals surface area contributed by atoms with Crippen molar-refractivity contribution >= 4 is 10.0 Å². The first kappa shape index (κ1) is 16.2. The zero-order chi connectivity index (χ0) is 14.8. The van der Waals surface area contributed by atoms with Gasteiger partial charge < -0.3 is 5.32 Å². The second-order valence-corrected chi connectivity index (χ2v) is 9.52. The van der Waals surface area contributed by atoms with E-state index in [1.807, 2.05) is 0 Å². The van der Waals surface area contributed by atoms with E-state index in [-0.39, 0.29) is 0 Å². The van der Waals surface area contributed by atoms with Gasteiger partial charge in [0.25, 0.3) is 0 Å². The number of hydrogen-bond acceptors (Lipinski definition) is 3. The van der Waals surface area contributed by atoms with Crippen LogP contribution in [-0.2, 0) is 10.0 Å². The standard InChI is InChI=1S/C15H30N2O2S/c1-15(2,3)14-6-10-17(11-7-14)20(18,19)12-13-4-8-16-9-5-13/h13-14,16H,4-12H2,1-3H3. The molecule has 0 aromatic heterocycles. The summed E-state index contributed by atoms with van der Waals surface area (Å²) in [5.74, 6) is 1.35. The van der Waals surface area contributed by atoms with Crippen LogP contribution in [0.3, 0.4) is 0 Å². The summed E-state index contributed by atoms with van der Waals surface area (Å²) >= 11 is 0. The van der Waals surface area contributed by atoms with Crippen molar-refractivity contribution in [3.8, 4) is 0 Å². The van der Waals surface area contributed by atoms with Crippen LogP contribution in [-0.4, -0.2) is 44.7 Å². The number of hydrogen-bond donors (Lipinski definition) is 1. The van der Waals surface area contributed by atoms with Crippen molar-refractivity contribution in [2.45, 2.75) is 46.5 Å². The maximum absolute atomic E-state index is 12.5. The molecule has 2 heterocycles. The molecular weight excluding hydrogens is 272 g/mol. The number of rotatable bonds is 3. The molecule has 0 bridgehead atoms. The lowest BCUT2D eigenvalue weighted by atomic mass is 9.76. The Bertz CT molecular complexity index is 400. The Hall–Kier alpha value is -0.130. The quantitative estimate of drug-likeness (QED) is 0.868. The molecule has 0 radical (unpaired) electrons. The van der Waals surface area contributed by atoms with Gasteiger partial charge >= 0.3 is 0 Å². The zero-order valence-electron chi connectivity index (χ0n) is 13.2. The summed E-state index contributed by atoms with van der Waals surface area (Å²) in [5, 5.41) is 3.29. The van der Waals surface area contributed by atoms with Gasteiger partial charge in [-0.05, 0) is 56.0 Å². The monoisotopic (exact) mass is 302 g/mol. The van der Waals surface area contributed by atoms with E-state index in [1.165, 1.54) is 0 Å². The van der Waals surface area contributed by atoms with Crippen LogP contribution < -0.4 is 5.32 Å². The third-order valence-corrected chi connectivity index (χ3v) is 7.02. The summed E-state index contributed by atoms with van der Waals surface area (Å²) in [7, 11) is -3.05. The summed E-state index contributed by atoms with van der Waals surface area (Å²) in [6, 6.07) is 0. The van der Waals surface area contributed by atoms with Gasteiger partial charge in [-0.15, -0.1) is 0 Å². The van der Waals surface area contributed by atoms with Crippen molar-refractivity contribution in [3.05, 3.63) is 0 Å². The first-order chi connectivity index (χ1) is 9.29. The fourth-order valence-corrected chi connectivity index (χ4v) is 5.36. The van der Waals surface area contributed by atoms with E-state index in [4.69, 9.17) is 0 Å². The average Bonchev–Trinajstić information content (AvgIpc) is 2.38. The maximum Gasteiger partial charge on any atom is 0.214 e. The van der Waals surface area contributed by atoms with Crippen LogP contribution in [0, 0.1) is 17.3 Å². The average molecular weight is 302 g/mol. The third kappa shape index (κ3) is 4.18. The van der Waals surface area contributed by atoms with Gasteiger partial charge in [-0.1, -0.05) is 20.8 Å². The molecule has 2 saturated heterocycles. The molecule has 4 nitrogen and oxygen atoms in total. The molecule has 2 fully saturated rings. The van der Waals surface area contributed by atoms with Crippen LogP contribution in [0.5, 0.6) is 0 Å². The fraction of sp³-hybridized carbons (Fsp3) is 1.00. The van der Waals surface area contributed by atoms with Crippen LogP contribution >= 0.6 is 0 Å². The Morgan fingerprint density at radius 1 is 1.05 bits per heavy atom. The lowest BCUT2D eigenvalue weighted by Crippen LogP contribution is -2.44. The minimum atomic E-state index is -3.05. The number of nitrogens with zero attached hydrogens (tertiary/aromatic N) is 1. The highest BCUT2D eigenvalue weighted by Gasteiger charge is 2.34. The molecule has 2 aliphatic heterocycles. The first-order valence-electron chi connectivity index (χ1n) is 7.97. The second-order valence-electron chi connectivity index (χ2n) is 7.51. The highest BCUT2D eigenvalue weighted by atomic mass is 32.2. The Labute approximate surface area is 124 Å². The molecule has 0 unspecified atom stereocenters. The van der Waals surface area contributed by atoms with E-state index in [0.29, 0.717) is 23.0 Å². The van der Waals surface area contributed by atoms with E-state index in [0.717, 1.165) is 51.9 Å². The van der Waals surface area contributed by atoms with E-state index < -0.39 is 10.0 Å². The van der Waals surface area contributed by atoms with Gasteiger partial charge in [0.2, 0.25) is 10.0 Å². The Kier molecular flexibility index (Phi) is 5.14. The Morgan fingerprint density at radius 2 is 1.60 bits per heavy atom. The summed E-state index contributed by atoms with van der Waals surface area (Å²) in [4.78, 5) is 0. The molecule has 0 aromatic carbocycles. The first-order valence-corrected chi connectivity index (χ1v) is 9.58. The Balaban J connectivity index is 1.88. The summed E-state index contributed by atoms with van der Waals surface area (Å²) < 4.78 is 26.8. The highest BCUT2D eigenvalue weighted by Crippen LogP contribution is 2.35. The van der Waals surface area contributed by atoms with Crippen LogP contribution in [0.4, 0.5) is 0 Å². The van der Waals surface area contributed by atoms with Gasteiger partial charge in [0, 0.05) is 13.1 Å². The van der Waals surface area contributed by atoms with Crippen molar-refractivity contribution in [2.24, 2.45) is 17.3 Å². The lowest BCUT2D eigenvalue weighted by Gasteiger charge is -2.38. The molecule has 2 aliphatic rings. The van der Waals surface area contributed by atoms with Gasteiger partial charge in [0.15, 0.2) is 0 Å². The van der Waals surface area contributed by atoms with Crippen molar-refractivity contribution in [2.75, 3.05) is 31.9 Å². The Morgan fingerprint density at radius 3 is 2.10 bits per heavy atom. The minimum absolute atomic E-state index is 0.297. The summed E-state index contributed by atoms with van der Waals surface area (Å²) in [5.41, 5.74) is 0.297. The van der Waals surface area contributed by atoms with Gasteiger partial charge in [-0.3, -0.25) is 0 Å². The van der Waals surface area contributed by atoms with E-state index in [9.17, 15) is 8.42 Å².